The van der Waals surface area contributed by atoms with Crippen molar-refractivity contribution in [1.82, 2.24) is 14.8 Å². The minimum absolute atomic E-state index is 0.173. The first-order chi connectivity index (χ1) is 9.13. The van der Waals surface area contributed by atoms with Gasteiger partial charge in [-0.25, -0.2) is 0 Å². The lowest BCUT2D eigenvalue weighted by molar-refractivity contribution is -0.129. The van der Waals surface area contributed by atoms with E-state index >= 15 is 0 Å². The Morgan fingerprint density at radius 1 is 1.47 bits per heavy atom. The molecule has 5 nitrogen and oxygen atoms in total. The van der Waals surface area contributed by atoms with Crippen LogP contribution in [0.1, 0.15) is 29.8 Å². The maximum atomic E-state index is 11.9. The van der Waals surface area contributed by atoms with Gasteiger partial charge < -0.3 is 14.8 Å². The van der Waals surface area contributed by atoms with E-state index in [1.807, 2.05) is 29.5 Å². The molecule has 0 unspecified atom stereocenters. The van der Waals surface area contributed by atoms with Crippen molar-refractivity contribution < 1.29 is 4.79 Å². The van der Waals surface area contributed by atoms with E-state index in [2.05, 4.69) is 11.4 Å². The third-order valence-corrected chi connectivity index (χ3v) is 3.81. The third-order valence-electron chi connectivity index (χ3n) is 3.81. The Morgan fingerprint density at radius 2 is 2.16 bits per heavy atom. The van der Waals surface area contributed by atoms with Crippen LogP contribution in [0.4, 0.5) is 0 Å². The molecule has 0 saturated carbocycles. The minimum Gasteiger partial charge on any atom is -0.342 e. The van der Waals surface area contributed by atoms with E-state index in [4.69, 9.17) is 5.26 Å². The van der Waals surface area contributed by atoms with Gasteiger partial charge in [0.2, 0.25) is 5.91 Å². The lowest BCUT2D eigenvalue weighted by Crippen LogP contribution is -2.36. The second-order valence-corrected chi connectivity index (χ2v) is 5.00. The van der Waals surface area contributed by atoms with Crippen LogP contribution in [0.15, 0.2) is 6.07 Å². The minimum atomic E-state index is 0.173. The molecule has 0 spiro atoms. The fourth-order valence-electron chi connectivity index (χ4n) is 2.43. The SMILES string of the molecule is Cc1c(CNCC(=O)N2CCCC2)cc(C#N)n1C. The predicted molar refractivity (Wildman–Crippen MR) is 72.4 cm³/mol. The number of hydrogen-bond donors (Lipinski definition) is 1. The van der Waals surface area contributed by atoms with Crippen molar-refractivity contribution in [2.75, 3.05) is 19.6 Å². The Kier molecular flexibility index (Phi) is 4.23. The number of carbonyl (C=O) groups is 1. The van der Waals surface area contributed by atoms with E-state index < -0.39 is 0 Å². The fraction of sp³-hybridized carbons (Fsp3) is 0.571. The molecule has 1 fully saturated rings. The molecule has 19 heavy (non-hydrogen) atoms. The number of nitrogens with one attached hydrogen (secondary N) is 1. The molecule has 1 aliphatic heterocycles. The molecule has 1 amide bonds. The van der Waals surface area contributed by atoms with Crippen LogP contribution in [0.2, 0.25) is 0 Å². The van der Waals surface area contributed by atoms with Crippen molar-refractivity contribution in [2.45, 2.75) is 26.3 Å². The van der Waals surface area contributed by atoms with Gasteiger partial charge in [0.1, 0.15) is 11.8 Å². The molecule has 102 valence electrons. The van der Waals surface area contributed by atoms with Crippen molar-refractivity contribution in [3.05, 3.63) is 23.0 Å². The number of carbonyl (C=O) groups excluding carboxylic acids is 1. The maximum absolute atomic E-state index is 11.9. The van der Waals surface area contributed by atoms with Gasteiger partial charge in [-0.2, -0.15) is 5.26 Å². The van der Waals surface area contributed by atoms with Crippen molar-refractivity contribution in [2.24, 2.45) is 7.05 Å². The van der Waals surface area contributed by atoms with Crippen LogP contribution >= 0.6 is 0 Å². The Hall–Kier alpha value is -1.80. The van der Waals surface area contributed by atoms with E-state index in [1.54, 1.807) is 0 Å². The summed E-state index contributed by atoms with van der Waals surface area (Å²) in [4.78, 5) is 13.8. The monoisotopic (exact) mass is 260 g/mol. The Bertz CT molecular complexity index is 506. The molecule has 0 radical (unpaired) electrons. The van der Waals surface area contributed by atoms with E-state index in [9.17, 15) is 4.79 Å². The Morgan fingerprint density at radius 3 is 2.74 bits per heavy atom. The molecule has 1 N–H and O–H groups in total. The summed E-state index contributed by atoms with van der Waals surface area (Å²) in [5.74, 6) is 0.173. The molecule has 1 aromatic rings. The van der Waals surface area contributed by atoms with Crippen LogP contribution in [0.3, 0.4) is 0 Å². The van der Waals surface area contributed by atoms with Crippen LogP contribution in [-0.4, -0.2) is 35.0 Å². The van der Waals surface area contributed by atoms with Crippen LogP contribution in [0.25, 0.3) is 0 Å². The molecule has 1 saturated heterocycles. The Balaban J connectivity index is 1.86. The molecule has 1 aliphatic rings. The van der Waals surface area contributed by atoms with Crippen molar-refractivity contribution in [1.29, 1.82) is 5.26 Å². The first-order valence-corrected chi connectivity index (χ1v) is 6.67. The molecule has 0 bridgehead atoms. The van der Waals surface area contributed by atoms with Crippen molar-refractivity contribution in [3.8, 4) is 6.07 Å². The van der Waals surface area contributed by atoms with Gasteiger partial charge in [0.15, 0.2) is 0 Å². The van der Waals surface area contributed by atoms with Gasteiger partial charge in [0.25, 0.3) is 0 Å². The maximum Gasteiger partial charge on any atom is 0.236 e. The molecule has 0 aliphatic carbocycles. The van der Waals surface area contributed by atoms with E-state index in [1.165, 1.54) is 0 Å². The van der Waals surface area contributed by atoms with Crippen LogP contribution < -0.4 is 5.32 Å². The van der Waals surface area contributed by atoms with Gasteiger partial charge in [0, 0.05) is 32.4 Å². The standard InChI is InChI=1S/C14H20N4O/c1-11-12(7-13(8-15)17(11)2)9-16-10-14(19)18-5-3-4-6-18/h7,16H,3-6,9-10H2,1-2H3. The van der Waals surface area contributed by atoms with Crippen LogP contribution in [-0.2, 0) is 18.4 Å². The molecule has 0 atom stereocenters. The summed E-state index contributed by atoms with van der Waals surface area (Å²) in [5, 5.41) is 12.1. The van der Waals surface area contributed by atoms with Crippen LogP contribution in [0.5, 0.6) is 0 Å². The van der Waals surface area contributed by atoms with Gasteiger partial charge in [-0.15, -0.1) is 0 Å². The van der Waals surface area contributed by atoms with Crippen molar-refractivity contribution in [3.63, 3.8) is 0 Å². The van der Waals surface area contributed by atoms with Crippen molar-refractivity contribution >= 4 is 5.91 Å². The van der Waals surface area contributed by atoms with Gasteiger partial charge in [-0.05, 0) is 31.4 Å². The number of likely N-dealkylation sites (tertiary alicyclic amines) is 1. The van der Waals surface area contributed by atoms with Gasteiger partial charge in [0.05, 0.1) is 6.54 Å². The second-order valence-electron chi connectivity index (χ2n) is 5.00. The molecule has 2 rings (SSSR count). The normalized spacial score (nSPS) is 14.7. The number of nitrogens with zero attached hydrogens (tertiary/aromatic N) is 3. The van der Waals surface area contributed by atoms with E-state index in [0.29, 0.717) is 18.8 Å². The summed E-state index contributed by atoms with van der Waals surface area (Å²) in [6.07, 6.45) is 2.24. The Labute approximate surface area is 113 Å². The third kappa shape index (κ3) is 2.96. The van der Waals surface area contributed by atoms with Crippen LogP contribution in [0, 0.1) is 18.3 Å². The number of nitriles is 1. The highest BCUT2D eigenvalue weighted by Gasteiger charge is 2.17. The molecule has 0 aromatic carbocycles. The molecular weight excluding hydrogens is 240 g/mol. The summed E-state index contributed by atoms with van der Waals surface area (Å²) in [7, 11) is 1.88. The van der Waals surface area contributed by atoms with Gasteiger partial charge in [-0.3, -0.25) is 4.79 Å². The summed E-state index contributed by atoms with van der Waals surface area (Å²) in [6, 6.07) is 4.04. The smallest absolute Gasteiger partial charge is 0.236 e. The molecule has 2 heterocycles. The van der Waals surface area contributed by atoms with Gasteiger partial charge >= 0.3 is 0 Å². The molecule has 5 heteroatoms. The quantitative estimate of drug-likeness (QED) is 0.875. The summed E-state index contributed by atoms with van der Waals surface area (Å²) >= 11 is 0. The lowest BCUT2D eigenvalue weighted by Gasteiger charge is -2.15. The summed E-state index contributed by atoms with van der Waals surface area (Å²) in [6.45, 7) is 4.77. The second kappa shape index (κ2) is 5.89. The number of hydrogen-bond acceptors (Lipinski definition) is 3. The highest BCUT2D eigenvalue weighted by Crippen LogP contribution is 2.13. The summed E-state index contributed by atoms with van der Waals surface area (Å²) < 4.78 is 1.87. The highest BCUT2D eigenvalue weighted by molar-refractivity contribution is 5.78. The number of rotatable bonds is 4. The first-order valence-electron chi connectivity index (χ1n) is 6.67. The average Bonchev–Trinajstić information content (AvgIpc) is 3.02. The predicted octanol–water partition coefficient (Wildman–Crippen LogP) is 0.917. The molecule has 1 aromatic heterocycles. The zero-order chi connectivity index (χ0) is 13.8. The lowest BCUT2D eigenvalue weighted by atomic mass is 10.2. The number of aromatic nitrogens is 1. The largest absolute Gasteiger partial charge is 0.342 e. The zero-order valence-electron chi connectivity index (χ0n) is 11.6. The summed E-state index contributed by atoms with van der Waals surface area (Å²) in [5.41, 5.74) is 2.80. The first kappa shape index (κ1) is 13.6. The van der Waals surface area contributed by atoms with E-state index in [-0.39, 0.29) is 5.91 Å². The fourth-order valence-corrected chi connectivity index (χ4v) is 2.43. The zero-order valence-corrected chi connectivity index (χ0v) is 11.6. The number of amides is 1. The molecular formula is C14H20N4O. The average molecular weight is 260 g/mol. The van der Waals surface area contributed by atoms with Gasteiger partial charge in [-0.1, -0.05) is 0 Å². The van der Waals surface area contributed by atoms with E-state index in [0.717, 1.165) is 37.2 Å². The highest BCUT2D eigenvalue weighted by atomic mass is 16.2. The topological polar surface area (TPSA) is 61.1 Å².